The Morgan fingerprint density at radius 3 is 2.95 bits per heavy atom. The standard InChI is InChI=1S/C16H18N2O3/c1-18(2)10-4-3-9-17-16(19)8-6-13-5-7-14-15(11-13)21-12-20-14/h5-8,11H,9-10,12H2,1-2H3,(H,17,19)/b8-6+. The van der Waals surface area contributed by atoms with Crippen molar-refractivity contribution in [2.45, 2.75) is 0 Å². The zero-order chi connectivity index (χ0) is 15.1. The Morgan fingerprint density at radius 1 is 1.33 bits per heavy atom. The highest BCUT2D eigenvalue weighted by Crippen LogP contribution is 2.32. The van der Waals surface area contributed by atoms with Crippen molar-refractivity contribution in [3.8, 4) is 23.3 Å². The van der Waals surface area contributed by atoms with Crippen molar-refractivity contribution in [2.75, 3.05) is 34.0 Å². The molecule has 0 aromatic heterocycles. The first kappa shape index (κ1) is 14.9. The molecule has 0 bridgehead atoms. The molecule has 0 saturated heterocycles. The van der Waals surface area contributed by atoms with Gasteiger partial charge in [0.25, 0.3) is 0 Å². The lowest BCUT2D eigenvalue weighted by Crippen LogP contribution is -2.21. The van der Waals surface area contributed by atoms with Crippen molar-refractivity contribution in [1.29, 1.82) is 0 Å². The van der Waals surface area contributed by atoms with E-state index in [1.807, 2.05) is 37.2 Å². The first-order valence-corrected chi connectivity index (χ1v) is 6.61. The average molecular weight is 286 g/mol. The number of hydrogen-bond donors (Lipinski definition) is 1. The second-order valence-corrected chi connectivity index (χ2v) is 4.76. The zero-order valence-corrected chi connectivity index (χ0v) is 12.2. The minimum Gasteiger partial charge on any atom is -0.454 e. The Morgan fingerprint density at radius 2 is 2.14 bits per heavy atom. The molecule has 110 valence electrons. The normalized spacial score (nSPS) is 12.3. The van der Waals surface area contributed by atoms with E-state index >= 15 is 0 Å². The Hall–Kier alpha value is -2.45. The molecule has 1 N–H and O–H groups in total. The van der Waals surface area contributed by atoms with Crippen LogP contribution in [0, 0.1) is 11.8 Å². The lowest BCUT2D eigenvalue weighted by atomic mass is 10.2. The van der Waals surface area contributed by atoms with Crippen molar-refractivity contribution in [1.82, 2.24) is 10.2 Å². The van der Waals surface area contributed by atoms with Crippen LogP contribution >= 0.6 is 0 Å². The average Bonchev–Trinajstić information content (AvgIpc) is 2.92. The molecular weight excluding hydrogens is 268 g/mol. The summed E-state index contributed by atoms with van der Waals surface area (Å²) in [5, 5.41) is 2.71. The van der Waals surface area contributed by atoms with E-state index in [2.05, 4.69) is 17.2 Å². The van der Waals surface area contributed by atoms with E-state index in [0.29, 0.717) is 18.8 Å². The van der Waals surface area contributed by atoms with Crippen LogP contribution in [0.15, 0.2) is 24.3 Å². The smallest absolute Gasteiger partial charge is 0.244 e. The number of hydrogen-bond acceptors (Lipinski definition) is 4. The van der Waals surface area contributed by atoms with Gasteiger partial charge < -0.3 is 14.8 Å². The van der Waals surface area contributed by atoms with Gasteiger partial charge in [-0.2, -0.15) is 0 Å². The maximum atomic E-state index is 11.6. The number of amides is 1. The molecule has 1 aliphatic heterocycles. The molecular formula is C16H18N2O3. The third-order valence-electron chi connectivity index (χ3n) is 2.70. The minimum absolute atomic E-state index is 0.174. The highest BCUT2D eigenvalue weighted by atomic mass is 16.7. The zero-order valence-electron chi connectivity index (χ0n) is 12.2. The number of benzene rings is 1. The largest absolute Gasteiger partial charge is 0.454 e. The lowest BCUT2D eigenvalue weighted by molar-refractivity contribution is -0.116. The first-order valence-electron chi connectivity index (χ1n) is 6.61. The summed E-state index contributed by atoms with van der Waals surface area (Å²) in [4.78, 5) is 13.6. The van der Waals surface area contributed by atoms with Crippen LogP contribution < -0.4 is 14.8 Å². The molecule has 0 radical (unpaired) electrons. The van der Waals surface area contributed by atoms with Gasteiger partial charge in [-0.1, -0.05) is 17.9 Å². The number of carbonyl (C=O) groups excluding carboxylic acids is 1. The predicted molar refractivity (Wildman–Crippen MR) is 80.9 cm³/mol. The highest BCUT2D eigenvalue weighted by molar-refractivity contribution is 5.91. The summed E-state index contributed by atoms with van der Waals surface area (Å²) in [5.74, 6) is 7.09. The summed E-state index contributed by atoms with van der Waals surface area (Å²) in [7, 11) is 3.89. The van der Waals surface area contributed by atoms with Crippen molar-refractivity contribution < 1.29 is 14.3 Å². The SMILES string of the molecule is CN(C)CC#CCNC(=O)/C=C/c1ccc2c(c1)OCO2. The molecule has 21 heavy (non-hydrogen) atoms. The quantitative estimate of drug-likeness (QED) is 0.665. The van der Waals surface area contributed by atoms with E-state index in [0.717, 1.165) is 11.3 Å². The topological polar surface area (TPSA) is 50.8 Å². The van der Waals surface area contributed by atoms with Gasteiger partial charge in [0.05, 0.1) is 13.1 Å². The molecule has 1 aromatic carbocycles. The Kier molecular flexibility index (Phi) is 5.24. The molecule has 1 amide bonds. The van der Waals surface area contributed by atoms with Gasteiger partial charge in [0.2, 0.25) is 12.7 Å². The van der Waals surface area contributed by atoms with Crippen molar-refractivity contribution in [2.24, 2.45) is 0 Å². The maximum absolute atomic E-state index is 11.6. The van der Waals surface area contributed by atoms with Crippen molar-refractivity contribution >= 4 is 12.0 Å². The number of carbonyl (C=O) groups is 1. The Labute approximate surface area is 124 Å². The second-order valence-electron chi connectivity index (χ2n) is 4.76. The molecule has 0 saturated carbocycles. The number of fused-ring (bicyclic) bond motifs is 1. The van der Waals surface area contributed by atoms with E-state index in [4.69, 9.17) is 9.47 Å². The van der Waals surface area contributed by atoms with Crippen LogP contribution in [0.25, 0.3) is 6.08 Å². The van der Waals surface area contributed by atoms with Crippen LogP contribution in [0.4, 0.5) is 0 Å². The van der Waals surface area contributed by atoms with E-state index in [9.17, 15) is 4.79 Å². The van der Waals surface area contributed by atoms with Gasteiger partial charge in [-0.15, -0.1) is 0 Å². The summed E-state index contributed by atoms with van der Waals surface area (Å²) >= 11 is 0. The van der Waals surface area contributed by atoms with Gasteiger partial charge >= 0.3 is 0 Å². The van der Waals surface area contributed by atoms with Crippen LogP contribution in [-0.2, 0) is 4.79 Å². The van der Waals surface area contributed by atoms with E-state index < -0.39 is 0 Å². The minimum atomic E-state index is -0.174. The molecule has 2 rings (SSSR count). The molecule has 1 aliphatic rings. The van der Waals surface area contributed by atoms with E-state index in [1.165, 1.54) is 6.08 Å². The van der Waals surface area contributed by atoms with Crippen LogP contribution in [0.5, 0.6) is 11.5 Å². The fourth-order valence-electron chi connectivity index (χ4n) is 1.66. The predicted octanol–water partition coefficient (Wildman–Crippen LogP) is 1.11. The number of ether oxygens (including phenoxy) is 2. The molecule has 5 nitrogen and oxygen atoms in total. The van der Waals surface area contributed by atoms with E-state index in [1.54, 1.807) is 6.08 Å². The van der Waals surface area contributed by atoms with Gasteiger partial charge in [-0.3, -0.25) is 9.69 Å². The van der Waals surface area contributed by atoms with Gasteiger partial charge in [-0.05, 0) is 37.9 Å². The van der Waals surface area contributed by atoms with Gasteiger partial charge in [0, 0.05) is 6.08 Å². The monoisotopic (exact) mass is 286 g/mol. The van der Waals surface area contributed by atoms with E-state index in [-0.39, 0.29) is 12.7 Å². The molecule has 0 unspecified atom stereocenters. The van der Waals surface area contributed by atoms with Crippen LogP contribution in [-0.4, -0.2) is 44.8 Å². The van der Waals surface area contributed by atoms with Crippen LogP contribution in [0.3, 0.4) is 0 Å². The summed E-state index contributed by atoms with van der Waals surface area (Å²) < 4.78 is 10.5. The van der Waals surface area contributed by atoms with Crippen molar-refractivity contribution in [3.05, 3.63) is 29.8 Å². The van der Waals surface area contributed by atoms with Gasteiger partial charge in [0.15, 0.2) is 11.5 Å². The molecule has 5 heteroatoms. The first-order chi connectivity index (χ1) is 10.1. The molecule has 0 spiro atoms. The summed E-state index contributed by atoms with van der Waals surface area (Å²) in [6, 6.07) is 5.53. The second kappa shape index (κ2) is 7.36. The van der Waals surface area contributed by atoms with Gasteiger partial charge in [0.1, 0.15) is 0 Å². The van der Waals surface area contributed by atoms with Crippen molar-refractivity contribution in [3.63, 3.8) is 0 Å². The third kappa shape index (κ3) is 4.86. The Balaban J connectivity index is 1.80. The van der Waals surface area contributed by atoms with Crippen LogP contribution in [0.1, 0.15) is 5.56 Å². The summed E-state index contributed by atoms with van der Waals surface area (Å²) in [5.41, 5.74) is 0.882. The fraction of sp³-hybridized carbons (Fsp3) is 0.312. The third-order valence-corrected chi connectivity index (χ3v) is 2.70. The summed E-state index contributed by atoms with van der Waals surface area (Å²) in [6.45, 7) is 1.27. The number of nitrogens with one attached hydrogen (secondary N) is 1. The molecule has 0 aliphatic carbocycles. The molecule has 1 heterocycles. The number of rotatable bonds is 4. The molecule has 1 aromatic rings. The van der Waals surface area contributed by atoms with Gasteiger partial charge in [-0.25, -0.2) is 0 Å². The lowest BCUT2D eigenvalue weighted by Gasteiger charge is -2.01. The number of nitrogens with zero attached hydrogens (tertiary/aromatic N) is 1. The Bertz CT molecular complexity index is 597. The molecule has 0 atom stereocenters. The maximum Gasteiger partial charge on any atom is 0.244 e. The highest BCUT2D eigenvalue weighted by Gasteiger charge is 2.12. The fourth-order valence-corrected chi connectivity index (χ4v) is 1.66. The molecule has 0 fully saturated rings. The summed E-state index contributed by atoms with van der Waals surface area (Å²) in [6.07, 6.45) is 3.20. The van der Waals surface area contributed by atoms with Crippen LogP contribution in [0.2, 0.25) is 0 Å².